The number of pyridine rings is 1. The molecule has 2 aromatic carbocycles. The van der Waals surface area contributed by atoms with Gasteiger partial charge in [-0.05, 0) is 81.1 Å². The summed E-state index contributed by atoms with van der Waals surface area (Å²) in [5, 5.41) is 10.2. The highest BCUT2D eigenvalue weighted by atomic mass is 35.5. The zero-order valence-corrected chi connectivity index (χ0v) is 24.2. The number of para-hydroxylation sites is 1. The standard InChI is InChI=1S/C32H33ClN4O5/c1-32(21-5-7-22(33)8-6-21)19-41-29-24(3-2-4-27(29)42-32)20-11-14-36(15-12-20)18-28-34-25-9-10-26(31(38)39)35-30(25)37(28)17-23-13-16-40-23/h2-10,20,23H,11-19H2,1H3,(H,38,39). The SMILES string of the molecule is CC1(c2ccc(Cl)cc2)COc2c(cccc2C2CCN(Cc3nc4ccc(C(=O)O)nc4n3CC3CCO3)CC2)O1. The van der Waals surface area contributed by atoms with Crippen LogP contribution in [-0.4, -0.2) is 62.9 Å². The van der Waals surface area contributed by atoms with Crippen molar-refractivity contribution in [1.29, 1.82) is 0 Å². The topological polar surface area (TPSA) is 98.9 Å². The lowest BCUT2D eigenvalue weighted by Gasteiger charge is -2.38. The van der Waals surface area contributed by atoms with E-state index in [1.165, 1.54) is 11.6 Å². The fourth-order valence-electron chi connectivity index (χ4n) is 6.23. The van der Waals surface area contributed by atoms with Crippen molar-refractivity contribution >= 4 is 28.7 Å². The minimum Gasteiger partial charge on any atom is -0.485 e. The third kappa shape index (κ3) is 5.10. The van der Waals surface area contributed by atoms with Gasteiger partial charge in [0.05, 0.1) is 19.2 Å². The van der Waals surface area contributed by atoms with Crippen LogP contribution in [0.4, 0.5) is 0 Å². The second-order valence-corrected chi connectivity index (χ2v) is 12.1. The molecule has 4 aromatic rings. The van der Waals surface area contributed by atoms with Crippen molar-refractivity contribution in [2.24, 2.45) is 0 Å². The van der Waals surface area contributed by atoms with Gasteiger partial charge in [-0.25, -0.2) is 14.8 Å². The van der Waals surface area contributed by atoms with E-state index in [1.54, 1.807) is 6.07 Å². The van der Waals surface area contributed by atoms with Gasteiger partial charge in [-0.1, -0.05) is 35.9 Å². The van der Waals surface area contributed by atoms with Crippen LogP contribution in [0.1, 0.15) is 59.5 Å². The van der Waals surface area contributed by atoms with Crippen molar-refractivity contribution in [2.45, 2.75) is 56.9 Å². The van der Waals surface area contributed by atoms with E-state index in [2.05, 4.69) is 22.0 Å². The van der Waals surface area contributed by atoms with Gasteiger partial charge in [0.25, 0.3) is 0 Å². The van der Waals surface area contributed by atoms with Crippen molar-refractivity contribution in [3.8, 4) is 11.5 Å². The first kappa shape index (κ1) is 27.2. The lowest BCUT2D eigenvalue weighted by Crippen LogP contribution is -2.40. The maximum atomic E-state index is 11.6. The van der Waals surface area contributed by atoms with Crippen LogP contribution in [0.5, 0.6) is 11.5 Å². The summed E-state index contributed by atoms with van der Waals surface area (Å²) in [5.41, 5.74) is 2.98. The number of rotatable bonds is 7. The van der Waals surface area contributed by atoms with Crippen LogP contribution in [-0.2, 0) is 23.4 Å². The Hall–Kier alpha value is -3.66. The second-order valence-electron chi connectivity index (χ2n) is 11.6. The number of piperidine rings is 1. The third-order valence-corrected chi connectivity index (χ3v) is 9.01. The maximum Gasteiger partial charge on any atom is 0.354 e. The molecular formula is C32H33ClN4O5. The van der Waals surface area contributed by atoms with E-state index in [4.69, 9.17) is 30.8 Å². The van der Waals surface area contributed by atoms with E-state index in [0.29, 0.717) is 41.8 Å². The molecule has 3 aliphatic heterocycles. The van der Waals surface area contributed by atoms with Gasteiger partial charge in [0.2, 0.25) is 0 Å². The summed E-state index contributed by atoms with van der Waals surface area (Å²) in [6.07, 6.45) is 3.06. The molecule has 2 saturated heterocycles. The molecule has 1 N–H and O–H groups in total. The molecule has 10 heteroatoms. The minimum absolute atomic E-state index is 0.0245. The minimum atomic E-state index is -1.04. The summed E-state index contributed by atoms with van der Waals surface area (Å²) >= 11 is 6.10. The molecule has 2 fully saturated rings. The number of imidazole rings is 1. The maximum absolute atomic E-state index is 11.6. The van der Waals surface area contributed by atoms with E-state index in [1.807, 2.05) is 41.8 Å². The zero-order valence-electron chi connectivity index (χ0n) is 23.5. The summed E-state index contributed by atoms with van der Waals surface area (Å²) in [7, 11) is 0. The largest absolute Gasteiger partial charge is 0.485 e. The predicted octanol–water partition coefficient (Wildman–Crippen LogP) is 5.64. The van der Waals surface area contributed by atoms with Crippen LogP contribution in [0.3, 0.4) is 0 Å². The Kier molecular flexibility index (Phi) is 7.04. The van der Waals surface area contributed by atoms with Crippen LogP contribution < -0.4 is 9.47 Å². The number of benzene rings is 2. The Bertz CT molecular complexity index is 1630. The summed E-state index contributed by atoms with van der Waals surface area (Å²) in [5.74, 6) is 1.84. The van der Waals surface area contributed by atoms with Gasteiger partial charge in [-0.15, -0.1) is 0 Å². The van der Waals surface area contributed by atoms with Crippen LogP contribution in [0, 0.1) is 0 Å². The lowest BCUT2D eigenvalue weighted by atomic mass is 9.88. The predicted molar refractivity (Wildman–Crippen MR) is 157 cm³/mol. The molecule has 3 aliphatic rings. The van der Waals surface area contributed by atoms with Gasteiger partial charge < -0.3 is 23.9 Å². The van der Waals surface area contributed by atoms with E-state index >= 15 is 0 Å². The summed E-state index contributed by atoms with van der Waals surface area (Å²) < 4.78 is 20.7. The van der Waals surface area contributed by atoms with E-state index in [-0.39, 0.29) is 11.8 Å². The van der Waals surface area contributed by atoms with Crippen LogP contribution in [0.15, 0.2) is 54.6 Å². The van der Waals surface area contributed by atoms with Crippen molar-refractivity contribution in [3.05, 3.63) is 82.3 Å². The number of aromatic nitrogens is 3. The molecule has 2 unspecified atom stereocenters. The van der Waals surface area contributed by atoms with Gasteiger partial charge in [0.15, 0.2) is 28.4 Å². The first-order valence-corrected chi connectivity index (χ1v) is 14.9. The number of likely N-dealkylation sites (tertiary alicyclic amines) is 1. The number of carboxylic acid groups (broad SMARTS) is 1. The average Bonchev–Trinajstić information content (AvgIpc) is 3.31. The average molecular weight is 589 g/mol. The van der Waals surface area contributed by atoms with Gasteiger partial charge in [-0.2, -0.15) is 0 Å². The first-order chi connectivity index (χ1) is 20.4. The zero-order chi connectivity index (χ0) is 28.8. The number of aromatic carboxylic acids is 1. The van der Waals surface area contributed by atoms with Gasteiger partial charge >= 0.3 is 5.97 Å². The molecule has 2 atom stereocenters. The highest BCUT2D eigenvalue weighted by Crippen LogP contribution is 2.46. The Morgan fingerprint density at radius 2 is 1.86 bits per heavy atom. The van der Waals surface area contributed by atoms with Gasteiger partial charge in [0.1, 0.15) is 17.9 Å². The fraction of sp³-hybridized carbons (Fsp3) is 0.406. The summed E-state index contributed by atoms with van der Waals surface area (Å²) in [6.45, 7) is 6.35. The molecule has 2 aromatic heterocycles. The third-order valence-electron chi connectivity index (χ3n) is 8.75. The molecule has 0 aliphatic carbocycles. The smallest absolute Gasteiger partial charge is 0.354 e. The molecule has 0 saturated carbocycles. The number of ether oxygens (including phenoxy) is 3. The number of carbonyl (C=O) groups is 1. The van der Waals surface area contributed by atoms with Crippen LogP contribution in [0.2, 0.25) is 5.02 Å². The van der Waals surface area contributed by atoms with Crippen molar-refractivity contribution in [1.82, 2.24) is 19.4 Å². The molecular weight excluding hydrogens is 556 g/mol. The normalized spacial score (nSPS) is 22.7. The molecule has 218 valence electrons. The van der Waals surface area contributed by atoms with Crippen molar-refractivity contribution < 1.29 is 24.1 Å². The van der Waals surface area contributed by atoms with E-state index in [9.17, 15) is 9.90 Å². The Morgan fingerprint density at radius 1 is 1.07 bits per heavy atom. The molecule has 42 heavy (non-hydrogen) atoms. The summed E-state index contributed by atoms with van der Waals surface area (Å²) in [6, 6.07) is 17.2. The number of fused-ring (bicyclic) bond motifs is 2. The fourth-order valence-corrected chi connectivity index (χ4v) is 6.36. The van der Waals surface area contributed by atoms with Crippen LogP contribution in [0.25, 0.3) is 11.2 Å². The Balaban J connectivity index is 1.06. The molecule has 5 heterocycles. The highest BCUT2D eigenvalue weighted by molar-refractivity contribution is 6.30. The monoisotopic (exact) mass is 588 g/mol. The highest BCUT2D eigenvalue weighted by Gasteiger charge is 2.37. The number of nitrogens with zero attached hydrogens (tertiary/aromatic N) is 4. The number of hydrogen-bond acceptors (Lipinski definition) is 7. The quantitative estimate of drug-likeness (QED) is 0.296. The van der Waals surface area contributed by atoms with E-state index in [0.717, 1.165) is 61.8 Å². The van der Waals surface area contributed by atoms with E-state index < -0.39 is 11.6 Å². The van der Waals surface area contributed by atoms with Gasteiger partial charge in [0, 0.05) is 17.2 Å². The molecule has 0 amide bonds. The molecule has 0 spiro atoms. The Labute approximate surface area is 249 Å². The number of halogens is 1. The van der Waals surface area contributed by atoms with Crippen molar-refractivity contribution in [2.75, 3.05) is 26.3 Å². The number of hydrogen-bond donors (Lipinski definition) is 1. The second kappa shape index (κ2) is 10.9. The lowest BCUT2D eigenvalue weighted by molar-refractivity contribution is -0.0593. The molecule has 0 bridgehead atoms. The Morgan fingerprint density at radius 3 is 2.57 bits per heavy atom. The molecule has 7 rings (SSSR count). The number of carboxylic acids is 1. The summed E-state index contributed by atoms with van der Waals surface area (Å²) in [4.78, 5) is 23.3. The molecule has 9 nitrogen and oxygen atoms in total. The van der Waals surface area contributed by atoms with Crippen LogP contribution >= 0.6 is 11.6 Å². The van der Waals surface area contributed by atoms with Gasteiger partial charge in [-0.3, -0.25) is 4.90 Å². The molecule has 0 radical (unpaired) electrons. The first-order valence-electron chi connectivity index (χ1n) is 14.5. The van der Waals surface area contributed by atoms with Crippen molar-refractivity contribution in [3.63, 3.8) is 0 Å².